The lowest BCUT2D eigenvalue weighted by molar-refractivity contribution is 0.220. The van der Waals surface area contributed by atoms with Crippen LogP contribution >= 0.6 is 0 Å². The molecule has 0 saturated carbocycles. The SMILES string of the molecule is CCN1CCC(N(C)c2ncc(CO)c(C)n2)CC1. The maximum absolute atomic E-state index is 9.15. The van der Waals surface area contributed by atoms with Crippen molar-refractivity contribution in [3.63, 3.8) is 0 Å². The molecule has 5 heteroatoms. The summed E-state index contributed by atoms with van der Waals surface area (Å²) < 4.78 is 0. The number of aromatic nitrogens is 2. The van der Waals surface area contributed by atoms with Crippen LogP contribution < -0.4 is 4.90 Å². The molecule has 0 unspecified atom stereocenters. The third-order valence-corrected chi connectivity index (χ3v) is 4.11. The third kappa shape index (κ3) is 3.22. The fourth-order valence-electron chi connectivity index (χ4n) is 2.59. The van der Waals surface area contributed by atoms with Gasteiger partial charge in [-0.2, -0.15) is 0 Å². The quantitative estimate of drug-likeness (QED) is 0.885. The summed E-state index contributed by atoms with van der Waals surface area (Å²) >= 11 is 0. The molecule has 0 atom stereocenters. The number of rotatable bonds is 4. The largest absolute Gasteiger partial charge is 0.392 e. The topological polar surface area (TPSA) is 52.5 Å². The van der Waals surface area contributed by atoms with Gasteiger partial charge in [0.25, 0.3) is 0 Å². The molecule has 1 aromatic rings. The van der Waals surface area contributed by atoms with Crippen molar-refractivity contribution in [1.82, 2.24) is 14.9 Å². The molecule has 1 aliphatic heterocycles. The van der Waals surface area contributed by atoms with Gasteiger partial charge < -0.3 is 14.9 Å². The fourth-order valence-corrected chi connectivity index (χ4v) is 2.59. The van der Waals surface area contributed by atoms with Gasteiger partial charge in [-0.15, -0.1) is 0 Å². The lowest BCUT2D eigenvalue weighted by atomic mass is 10.0. The molecular weight excluding hydrogens is 240 g/mol. The van der Waals surface area contributed by atoms with Crippen molar-refractivity contribution in [2.75, 3.05) is 31.6 Å². The van der Waals surface area contributed by atoms with Crippen LogP contribution in [0, 0.1) is 6.92 Å². The van der Waals surface area contributed by atoms with E-state index in [4.69, 9.17) is 5.11 Å². The maximum Gasteiger partial charge on any atom is 0.225 e. The Labute approximate surface area is 115 Å². The summed E-state index contributed by atoms with van der Waals surface area (Å²) in [7, 11) is 2.07. The summed E-state index contributed by atoms with van der Waals surface area (Å²) in [6.45, 7) is 7.58. The first-order chi connectivity index (χ1) is 9.15. The number of nitrogens with zero attached hydrogens (tertiary/aromatic N) is 4. The van der Waals surface area contributed by atoms with Gasteiger partial charge in [0.1, 0.15) is 0 Å². The molecule has 106 valence electrons. The predicted molar refractivity (Wildman–Crippen MR) is 76.2 cm³/mol. The van der Waals surface area contributed by atoms with Crippen LogP contribution in [-0.4, -0.2) is 52.7 Å². The predicted octanol–water partition coefficient (Wildman–Crippen LogP) is 1.20. The second-order valence-corrected chi connectivity index (χ2v) is 5.22. The van der Waals surface area contributed by atoms with Crippen molar-refractivity contribution in [3.8, 4) is 0 Å². The van der Waals surface area contributed by atoms with Crippen LogP contribution in [0.25, 0.3) is 0 Å². The lowest BCUT2D eigenvalue weighted by Gasteiger charge is -2.36. The van der Waals surface area contributed by atoms with Crippen LogP contribution in [0.15, 0.2) is 6.20 Å². The number of hydrogen-bond acceptors (Lipinski definition) is 5. The Kier molecular flexibility index (Phi) is 4.71. The summed E-state index contributed by atoms with van der Waals surface area (Å²) in [6.07, 6.45) is 4.05. The van der Waals surface area contributed by atoms with Crippen LogP contribution in [-0.2, 0) is 6.61 Å². The number of aliphatic hydroxyl groups is 1. The van der Waals surface area contributed by atoms with Crippen LogP contribution in [0.4, 0.5) is 5.95 Å². The number of hydrogen-bond donors (Lipinski definition) is 1. The molecule has 1 N–H and O–H groups in total. The molecule has 2 heterocycles. The zero-order chi connectivity index (χ0) is 13.8. The molecule has 0 spiro atoms. The summed E-state index contributed by atoms with van der Waals surface area (Å²) in [5.74, 6) is 0.768. The van der Waals surface area contributed by atoms with Gasteiger partial charge in [0.15, 0.2) is 0 Å². The van der Waals surface area contributed by atoms with Gasteiger partial charge in [-0.1, -0.05) is 6.92 Å². The molecule has 0 amide bonds. The maximum atomic E-state index is 9.15. The van der Waals surface area contributed by atoms with Gasteiger partial charge in [0, 0.05) is 43.6 Å². The molecule has 0 radical (unpaired) electrons. The van der Waals surface area contributed by atoms with Gasteiger partial charge in [0.05, 0.1) is 6.61 Å². The molecule has 1 aromatic heterocycles. The molecule has 0 bridgehead atoms. The first kappa shape index (κ1) is 14.2. The van der Waals surface area contributed by atoms with Gasteiger partial charge in [0.2, 0.25) is 5.95 Å². The summed E-state index contributed by atoms with van der Waals surface area (Å²) in [4.78, 5) is 13.5. The molecule has 0 aromatic carbocycles. The zero-order valence-electron chi connectivity index (χ0n) is 12.1. The highest BCUT2D eigenvalue weighted by Crippen LogP contribution is 2.19. The fraction of sp³-hybridized carbons (Fsp3) is 0.714. The highest BCUT2D eigenvalue weighted by Gasteiger charge is 2.23. The highest BCUT2D eigenvalue weighted by molar-refractivity contribution is 5.33. The third-order valence-electron chi connectivity index (χ3n) is 4.11. The van der Waals surface area contributed by atoms with Crippen LogP contribution in [0.2, 0.25) is 0 Å². The highest BCUT2D eigenvalue weighted by atomic mass is 16.3. The molecule has 5 nitrogen and oxygen atoms in total. The summed E-state index contributed by atoms with van der Waals surface area (Å²) in [5.41, 5.74) is 1.67. The smallest absolute Gasteiger partial charge is 0.225 e. The minimum Gasteiger partial charge on any atom is -0.392 e. The van der Waals surface area contributed by atoms with E-state index in [0.717, 1.165) is 49.7 Å². The Balaban J connectivity index is 2.03. The molecular formula is C14H24N4O. The van der Waals surface area contributed by atoms with E-state index in [2.05, 4.69) is 33.7 Å². The van der Waals surface area contributed by atoms with E-state index in [-0.39, 0.29) is 6.61 Å². The van der Waals surface area contributed by atoms with Gasteiger partial charge in [-0.25, -0.2) is 9.97 Å². The average molecular weight is 264 g/mol. The van der Waals surface area contributed by atoms with E-state index < -0.39 is 0 Å². The average Bonchev–Trinajstić information content (AvgIpc) is 2.46. The van der Waals surface area contributed by atoms with E-state index in [1.807, 2.05) is 6.92 Å². The van der Waals surface area contributed by atoms with E-state index in [9.17, 15) is 0 Å². The molecule has 0 aliphatic carbocycles. The minimum atomic E-state index is 0.00468. The van der Waals surface area contributed by atoms with E-state index in [1.165, 1.54) is 0 Å². The Morgan fingerprint density at radius 2 is 2.11 bits per heavy atom. The van der Waals surface area contributed by atoms with Crippen molar-refractivity contribution in [2.24, 2.45) is 0 Å². The van der Waals surface area contributed by atoms with Crippen molar-refractivity contribution >= 4 is 5.95 Å². The first-order valence-corrected chi connectivity index (χ1v) is 7.04. The Bertz CT molecular complexity index is 416. The van der Waals surface area contributed by atoms with Crippen molar-refractivity contribution in [3.05, 3.63) is 17.5 Å². The normalized spacial score (nSPS) is 17.7. The number of anilines is 1. The standard InChI is InChI=1S/C14H24N4O/c1-4-18-7-5-13(6-8-18)17(3)14-15-9-12(10-19)11(2)16-14/h9,13,19H,4-8,10H2,1-3H3. The molecule has 2 rings (SSSR count). The Morgan fingerprint density at radius 3 is 2.63 bits per heavy atom. The van der Waals surface area contributed by atoms with Gasteiger partial charge >= 0.3 is 0 Å². The Hall–Kier alpha value is -1.20. The monoisotopic (exact) mass is 264 g/mol. The number of aliphatic hydroxyl groups excluding tert-OH is 1. The molecule has 1 saturated heterocycles. The number of aryl methyl sites for hydroxylation is 1. The van der Waals surface area contributed by atoms with Crippen LogP contribution in [0.1, 0.15) is 31.0 Å². The zero-order valence-corrected chi connectivity index (χ0v) is 12.1. The second-order valence-electron chi connectivity index (χ2n) is 5.22. The summed E-state index contributed by atoms with van der Waals surface area (Å²) in [5, 5.41) is 9.15. The van der Waals surface area contributed by atoms with Crippen molar-refractivity contribution in [2.45, 2.75) is 39.3 Å². The van der Waals surface area contributed by atoms with Gasteiger partial charge in [-0.05, 0) is 26.3 Å². The van der Waals surface area contributed by atoms with Crippen molar-refractivity contribution < 1.29 is 5.11 Å². The van der Waals surface area contributed by atoms with Gasteiger partial charge in [-0.3, -0.25) is 0 Å². The van der Waals surface area contributed by atoms with E-state index in [1.54, 1.807) is 6.20 Å². The molecule has 19 heavy (non-hydrogen) atoms. The van der Waals surface area contributed by atoms with E-state index >= 15 is 0 Å². The van der Waals surface area contributed by atoms with Crippen LogP contribution in [0.3, 0.4) is 0 Å². The minimum absolute atomic E-state index is 0.00468. The molecule has 1 aliphatic rings. The number of likely N-dealkylation sites (tertiary alicyclic amines) is 1. The molecule has 1 fully saturated rings. The van der Waals surface area contributed by atoms with Crippen LogP contribution in [0.5, 0.6) is 0 Å². The Morgan fingerprint density at radius 1 is 1.42 bits per heavy atom. The van der Waals surface area contributed by atoms with Crippen molar-refractivity contribution in [1.29, 1.82) is 0 Å². The number of piperidine rings is 1. The lowest BCUT2D eigenvalue weighted by Crippen LogP contribution is -2.43. The summed E-state index contributed by atoms with van der Waals surface area (Å²) in [6, 6.07) is 0.516. The first-order valence-electron chi connectivity index (χ1n) is 7.04. The van der Waals surface area contributed by atoms with E-state index in [0.29, 0.717) is 6.04 Å². The second kappa shape index (κ2) is 6.30.